The van der Waals surface area contributed by atoms with Crippen LogP contribution in [0.25, 0.3) is 0 Å². The van der Waals surface area contributed by atoms with Crippen LogP contribution in [-0.4, -0.2) is 36.5 Å². The summed E-state index contributed by atoms with van der Waals surface area (Å²) in [6.07, 6.45) is 19.7. The minimum atomic E-state index is -1.13. The highest BCUT2D eigenvalue weighted by Crippen LogP contribution is 2.54. The minimum absolute atomic E-state index is 0.190. The molecule has 0 saturated carbocycles. The smallest absolute Gasteiger partial charge is 0.321 e. The molecule has 0 bridgehead atoms. The first-order valence-corrected chi connectivity index (χ1v) is 17.1. The van der Waals surface area contributed by atoms with Gasteiger partial charge in [0.1, 0.15) is 0 Å². The molecule has 0 aromatic heterocycles. The molecular formula is C36H50O8. The van der Waals surface area contributed by atoms with Crippen LogP contribution in [0.3, 0.4) is 0 Å². The first kappa shape index (κ1) is 33.9. The lowest BCUT2D eigenvalue weighted by Crippen LogP contribution is -2.44. The molecule has 0 radical (unpaired) electrons. The molecule has 2 fully saturated rings. The zero-order chi connectivity index (χ0) is 31.5. The van der Waals surface area contributed by atoms with E-state index in [2.05, 4.69) is 6.92 Å². The summed E-state index contributed by atoms with van der Waals surface area (Å²) >= 11 is 0. The molecule has 1 aliphatic carbocycles. The highest BCUT2D eigenvalue weighted by atomic mass is 16.6. The quantitative estimate of drug-likeness (QED) is 0.0690. The maximum absolute atomic E-state index is 13.6. The molecule has 0 spiro atoms. The van der Waals surface area contributed by atoms with Gasteiger partial charge in [0.25, 0.3) is 0 Å². The number of ether oxygens (including phenoxy) is 3. The molecule has 8 heteroatoms. The Hall–Kier alpha value is -3.03. The molecule has 0 amide bonds. The summed E-state index contributed by atoms with van der Waals surface area (Å²) in [5.41, 5.74) is 2.01. The Bertz CT molecular complexity index is 1170. The Morgan fingerprint density at radius 2 is 1.27 bits per heavy atom. The molecule has 2 saturated heterocycles. The number of hydrogen-bond acceptors (Lipinski definition) is 8. The van der Waals surface area contributed by atoms with Gasteiger partial charge in [-0.15, -0.1) is 0 Å². The van der Waals surface area contributed by atoms with Crippen LogP contribution >= 0.6 is 0 Å². The fraction of sp³-hybridized carbons (Fsp3) is 0.694. The van der Waals surface area contributed by atoms with Crippen LogP contribution in [-0.2, 0) is 38.2 Å². The summed E-state index contributed by atoms with van der Waals surface area (Å²) in [5, 5.41) is 0. The summed E-state index contributed by atoms with van der Waals surface area (Å²) in [5.74, 6) is -8.48. The monoisotopic (exact) mass is 610 g/mol. The zero-order valence-electron chi connectivity index (χ0n) is 26.6. The standard InChI is InChI=1S/C36H50O8/c1-3-4-5-6-7-8-9-10-11-12-13-14-15-16-17-18-21-42-34(39)31-29(27-23-28(37)43-33(27)38)25-20-19-24(2)22-26(25)30-32(31)36(41)44-35(30)40/h19-20,22,27,29-32H,3-18,21,23H2,1-2H3. The molecular weight excluding hydrogens is 560 g/mol. The van der Waals surface area contributed by atoms with Crippen molar-refractivity contribution in [3.8, 4) is 0 Å². The number of hydrogen-bond donors (Lipinski definition) is 0. The van der Waals surface area contributed by atoms with E-state index in [0.29, 0.717) is 17.5 Å². The second-order valence-corrected chi connectivity index (χ2v) is 13.0. The van der Waals surface area contributed by atoms with E-state index in [0.717, 1.165) is 24.8 Å². The van der Waals surface area contributed by atoms with Gasteiger partial charge < -0.3 is 14.2 Å². The number of unbranched alkanes of at least 4 members (excludes halogenated alkanes) is 15. The van der Waals surface area contributed by atoms with E-state index < -0.39 is 59.4 Å². The van der Waals surface area contributed by atoms with Crippen LogP contribution in [0.4, 0.5) is 0 Å². The number of fused-ring (bicyclic) bond motifs is 3. The van der Waals surface area contributed by atoms with Gasteiger partial charge in [-0.1, -0.05) is 127 Å². The van der Waals surface area contributed by atoms with Crippen LogP contribution in [0, 0.1) is 24.7 Å². The summed E-state index contributed by atoms with van der Waals surface area (Å²) in [6, 6.07) is 5.39. The maximum atomic E-state index is 13.6. The third kappa shape index (κ3) is 8.57. The number of carbonyl (C=O) groups excluding carboxylic acids is 5. The lowest BCUT2D eigenvalue weighted by molar-refractivity contribution is -0.161. The van der Waals surface area contributed by atoms with Crippen molar-refractivity contribution in [2.45, 2.75) is 135 Å². The van der Waals surface area contributed by atoms with Crippen LogP contribution in [0.5, 0.6) is 0 Å². The Labute approximate surface area is 262 Å². The molecule has 4 rings (SSSR count). The van der Waals surface area contributed by atoms with Gasteiger partial charge in [-0.25, -0.2) is 0 Å². The van der Waals surface area contributed by atoms with Crippen molar-refractivity contribution in [3.05, 3.63) is 34.9 Å². The number of esters is 5. The van der Waals surface area contributed by atoms with Gasteiger partial charge >= 0.3 is 29.8 Å². The number of cyclic esters (lactones) is 4. The number of carbonyl (C=O) groups is 5. The molecule has 5 atom stereocenters. The molecule has 1 aromatic rings. The van der Waals surface area contributed by atoms with Crippen LogP contribution in [0.1, 0.15) is 145 Å². The van der Waals surface area contributed by atoms with Gasteiger partial charge in [0.2, 0.25) is 0 Å². The normalized spacial score (nSPS) is 24.2. The lowest BCUT2D eigenvalue weighted by atomic mass is 9.60. The fourth-order valence-electron chi connectivity index (χ4n) is 7.32. The van der Waals surface area contributed by atoms with E-state index in [4.69, 9.17) is 14.2 Å². The Kier molecular flexibility index (Phi) is 13.0. The van der Waals surface area contributed by atoms with Crippen molar-refractivity contribution in [1.82, 2.24) is 0 Å². The van der Waals surface area contributed by atoms with Gasteiger partial charge in [0.05, 0.1) is 36.7 Å². The molecule has 5 unspecified atom stereocenters. The second-order valence-electron chi connectivity index (χ2n) is 13.0. The highest BCUT2D eigenvalue weighted by Gasteiger charge is 2.61. The molecule has 2 aliphatic heterocycles. The number of rotatable bonds is 19. The van der Waals surface area contributed by atoms with Crippen molar-refractivity contribution in [3.63, 3.8) is 0 Å². The molecule has 3 aliphatic rings. The van der Waals surface area contributed by atoms with Gasteiger partial charge in [-0.05, 0) is 24.5 Å². The largest absolute Gasteiger partial charge is 0.465 e. The predicted octanol–water partition coefficient (Wildman–Crippen LogP) is 7.39. The average molecular weight is 611 g/mol. The van der Waals surface area contributed by atoms with Crippen molar-refractivity contribution < 1.29 is 38.2 Å². The van der Waals surface area contributed by atoms with E-state index in [1.807, 2.05) is 13.0 Å². The third-order valence-electron chi connectivity index (χ3n) is 9.65. The third-order valence-corrected chi connectivity index (χ3v) is 9.65. The Morgan fingerprint density at radius 3 is 1.82 bits per heavy atom. The number of aryl methyl sites for hydroxylation is 1. The Morgan fingerprint density at radius 1 is 0.705 bits per heavy atom. The first-order valence-electron chi connectivity index (χ1n) is 17.1. The highest BCUT2D eigenvalue weighted by molar-refractivity contribution is 6.03. The molecule has 44 heavy (non-hydrogen) atoms. The molecule has 0 N–H and O–H groups in total. The van der Waals surface area contributed by atoms with Crippen molar-refractivity contribution >= 4 is 29.8 Å². The summed E-state index contributed by atoms with van der Waals surface area (Å²) in [6.45, 7) is 4.30. The SMILES string of the molecule is CCCCCCCCCCCCCCCCCCOC(=O)C1C2C(=O)OC(=O)C2c2cc(C)ccc2C1C1CC(=O)OC1=O. The molecule has 2 heterocycles. The van der Waals surface area contributed by atoms with E-state index in [1.165, 1.54) is 77.0 Å². The van der Waals surface area contributed by atoms with Crippen molar-refractivity contribution in [2.24, 2.45) is 17.8 Å². The van der Waals surface area contributed by atoms with E-state index in [-0.39, 0.29) is 13.0 Å². The number of benzene rings is 1. The van der Waals surface area contributed by atoms with Gasteiger partial charge in [0.15, 0.2) is 0 Å². The maximum Gasteiger partial charge on any atom is 0.321 e. The summed E-state index contributed by atoms with van der Waals surface area (Å²) in [7, 11) is 0. The average Bonchev–Trinajstić information content (AvgIpc) is 3.49. The molecule has 1 aromatic carbocycles. The van der Waals surface area contributed by atoms with E-state index >= 15 is 0 Å². The first-order chi connectivity index (χ1) is 21.3. The predicted molar refractivity (Wildman–Crippen MR) is 164 cm³/mol. The lowest BCUT2D eigenvalue weighted by Gasteiger charge is -2.38. The summed E-state index contributed by atoms with van der Waals surface area (Å²) < 4.78 is 15.5. The van der Waals surface area contributed by atoms with Crippen LogP contribution in [0.2, 0.25) is 0 Å². The molecule has 242 valence electrons. The minimum Gasteiger partial charge on any atom is -0.465 e. The topological polar surface area (TPSA) is 113 Å². The summed E-state index contributed by atoms with van der Waals surface area (Å²) in [4.78, 5) is 64.1. The van der Waals surface area contributed by atoms with Crippen molar-refractivity contribution in [1.29, 1.82) is 0 Å². The van der Waals surface area contributed by atoms with Gasteiger partial charge in [-0.3, -0.25) is 24.0 Å². The van der Waals surface area contributed by atoms with Gasteiger partial charge in [-0.2, -0.15) is 0 Å². The van der Waals surface area contributed by atoms with Crippen LogP contribution in [0.15, 0.2) is 18.2 Å². The van der Waals surface area contributed by atoms with E-state index in [1.54, 1.807) is 12.1 Å². The van der Waals surface area contributed by atoms with E-state index in [9.17, 15) is 24.0 Å². The van der Waals surface area contributed by atoms with Gasteiger partial charge in [0, 0.05) is 5.92 Å². The zero-order valence-corrected chi connectivity index (χ0v) is 26.6. The Balaban J connectivity index is 1.22. The molecule has 8 nitrogen and oxygen atoms in total. The second kappa shape index (κ2) is 16.9. The van der Waals surface area contributed by atoms with Crippen molar-refractivity contribution in [2.75, 3.05) is 6.61 Å². The van der Waals surface area contributed by atoms with Crippen LogP contribution < -0.4 is 0 Å². The fourth-order valence-corrected chi connectivity index (χ4v) is 7.32.